The number of pyridine rings is 1. The normalized spacial score (nSPS) is 14.8. The largest absolute Gasteiger partial charge is 0.491 e. The minimum absolute atomic E-state index is 0.259. The van der Waals surface area contributed by atoms with E-state index in [4.69, 9.17) is 9.47 Å². The van der Waals surface area contributed by atoms with Gasteiger partial charge < -0.3 is 14.8 Å². The molecule has 2 heterocycles. The Labute approximate surface area is 106 Å². The first kappa shape index (κ1) is 12.4. The Balaban J connectivity index is 1.99. The van der Waals surface area contributed by atoms with Crippen LogP contribution in [-0.4, -0.2) is 24.1 Å². The number of aromatic nitrogens is 1. The maximum absolute atomic E-state index is 11.9. The van der Waals surface area contributed by atoms with Crippen molar-refractivity contribution in [2.24, 2.45) is 0 Å². The van der Waals surface area contributed by atoms with Crippen LogP contribution in [0.25, 0.3) is 0 Å². The van der Waals surface area contributed by atoms with Crippen LogP contribution in [0.2, 0.25) is 0 Å². The second kappa shape index (κ2) is 5.53. The zero-order valence-electron chi connectivity index (χ0n) is 10.5. The zero-order chi connectivity index (χ0) is 13.0. The van der Waals surface area contributed by atoms with E-state index >= 15 is 0 Å². The molecule has 0 aromatic carbocycles. The molecule has 2 rings (SSSR count). The van der Waals surface area contributed by atoms with E-state index in [1.165, 1.54) is 0 Å². The van der Waals surface area contributed by atoms with E-state index in [0.717, 1.165) is 11.3 Å². The Morgan fingerprint density at radius 3 is 2.89 bits per heavy atom. The summed E-state index contributed by atoms with van der Waals surface area (Å²) in [5, 5.41) is 2.78. The van der Waals surface area contributed by atoms with Crippen LogP contribution < -0.4 is 5.32 Å². The van der Waals surface area contributed by atoms with Crippen LogP contribution in [0.5, 0.6) is 0 Å². The van der Waals surface area contributed by atoms with Crippen LogP contribution in [0, 0.1) is 6.92 Å². The Hall–Kier alpha value is -2.04. The molecule has 1 amide bonds. The standard InChI is InChI=1S/C13H16N2O3/c1-9-4-3-5-14-11(9)8-15-13(16)12-10(2)17-6-7-18-12/h3-5H,6-8H2,1-2H3,(H,15,16). The SMILES string of the molecule is CC1=C(C(=O)NCc2ncccc2C)OCCO1. The molecule has 0 spiro atoms. The van der Waals surface area contributed by atoms with Crippen molar-refractivity contribution in [1.29, 1.82) is 0 Å². The lowest BCUT2D eigenvalue weighted by Crippen LogP contribution is -2.30. The molecule has 0 saturated carbocycles. The highest BCUT2D eigenvalue weighted by Crippen LogP contribution is 2.13. The zero-order valence-corrected chi connectivity index (χ0v) is 10.5. The summed E-state index contributed by atoms with van der Waals surface area (Å²) in [6, 6.07) is 3.82. The maximum atomic E-state index is 11.9. The first-order chi connectivity index (χ1) is 8.68. The molecule has 0 saturated heterocycles. The van der Waals surface area contributed by atoms with Gasteiger partial charge in [0.2, 0.25) is 5.76 Å². The van der Waals surface area contributed by atoms with Crippen LogP contribution in [0.15, 0.2) is 29.8 Å². The number of hydrogen-bond donors (Lipinski definition) is 1. The van der Waals surface area contributed by atoms with Gasteiger partial charge in [-0.15, -0.1) is 0 Å². The molecule has 1 aliphatic heterocycles. The van der Waals surface area contributed by atoms with E-state index in [9.17, 15) is 4.79 Å². The maximum Gasteiger partial charge on any atom is 0.290 e. The number of rotatable bonds is 3. The Morgan fingerprint density at radius 2 is 2.17 bits per heavy atom. The summed E-state index contributed by atoms with van der Waals surface area (Å²) in [6.45, 7) is 4.95. The number of nitrogens with zero attached hydrogens (tertiary/aromatic N) is 1. The highest BCUT2D eigenvalue weighted by molar-refractivity contribution is 5.91. The minimum atomic E-state index is -0.266. The Morgan fingerprint density at radius 1 is 1.39 bits per heavy atom. The van der Waals surface area contributed by atoms with Crippen LogP contribution >= 0.6 is 0 Å². The van der Waals surface area contributed by atoms with Gasteiger partial charge in [-0.2, -0.15) is 0 Å². The lowest BCUT2D eigenvalue weighted by Gasteiger charge is -2.19. The van der Waals surface area contributed by atoms with Crippen molar-refractivity contribution in [3.05, 3.63) is 41.1 Å². The number of carbonyl (C=O) groups is 1. The van der Waals surface area contributed by atoms with E-state index in [0.29, 0.717) is 25.5 Å². The highest BCUT2D eigenvalue weighted by atomic mass is 16.6. The number of hydrogen-bond acceptors (Lipinski definition) is 4. The van der Waals surface area contributed by atoms with Crippen LogP contribution in [-0.2, 0) is 20.8 Å². The molecule has 96 valence electrons. The summed E-state index contributed by atoms with van der Waals surface area (Å²) in [7, 11) is 0. The lowest BCUT2D eigenvalue weighted by atomic mass is 10.2. The van der Waals surface area contributed by atoms with E-state index in [1.807, 2.05) is 19.1 Å². The van der Waals surface area contributed by atoms with Crippen LogP contribution in [0.1, 0.15) is 18.2 Å². The Bertz CT molecular complexity index is 483. The summed E-state index contributed by atoms with van der Waals surface area (Å²) in [5.41, 5.74) is 1.89. The van der Waals surface area contributed by atoms with Crippen molar-refractivity contribution < 1.29 is 14.3 Å². The first-order valence-corrected chi connectivity index (χ1v) is 5.83. The molecule has 1 aliphatic rings. The Kier molecular flexibility index (Phi) is 3.82. The number of carbonyl (C=O) groups excluding carboxylic acids is 1. The van der Waals surface area contributed by atoms with Crippen molar-refractivity contribution in [3.63, 3.8) is 0 Å². The van der Waals surface area contributed by atoms with Gasteiger partial charge in [0.05, 0.1) is 12.2 Å². The summed E-state index contributed by atoms with van der Waals surface area (Å²) in [5.74, 6) is 0.517. The smallest absolute Gasteiger partial charge is 0.290 e. The molecule has 0 atom stereocenters. The van der Waals surface area contributed by atoms with Gasteiger partial charge in [-0.05, 0) is 25.5 Å². The van der Waals surface area contributed by atoms with Gasteiger partial charge >= 0.3 is 0 Å². The van der Waals surface area contributed by atoms with Crippen molar-refractivity contribution in [3.8, 4) is 0 Å². The molecule has 0 aliphatic carbocycles. The third-order valence-electron chi connectivity index (χ3n) is 2.71. The van der Waals surface area contributed by atoms with Gasteiger partial charge in [-0.25, -0.2) is 0 Å². The number of ether oxygens (including phenoxy) is 2. The van der Waals surface area contributed by atoms with E-state index in [-0.39, 0.29) is 11.7 Å². The molecular formula is C13H16N2O3. The van der Waals surface area contributed by atoms with E-state index < -0.39 is 0 Å². The van der Waals surface area contributed by atoms with E-state index in [2.05, 4.69) is 10.3 Å². The highest BCUT2D eigenvalue weighted by Gasteiger charge is 2.19. The van der Waals surface area contributed by atoms with Crippen molar-refractivity contribution in [2.45, 2.75) is 20.4 Å². The summed E-state index contributed by atoms with van der Waals surface area (Å²) >= 11 is 0. The molecule has 0 bridgehead atoms. The first-order valence-electron chi connectivity index (χ1n) is 5.83. The third-order valence-corrected chi connectivity index (χ3v) is 2.71. The lowest BCUT2D eigenvalue weighted by molar-refractivity contribution is -0.122. The minimum Gasteiger partial charge on any atom is -0.491 e. The van der Waals surface area contributed by atoms with Gasteiger partial charge in [0.1, 0.15) is 19.0 Å². The average Bonchev–Trinajstić information content (AvgIpc) is 2.38. The van der Waals surface area contributed by atoms with Crippen LogP contribution in [0.3, 0.4) is 0 Å². The van der Waals surface area contributed by atoms with Gasteiger partial charge in [0, 0.05) is 6.20 Å². The fraction of sp³-hybridized carbons (Fsp3) is 0.385. The summed E-state index contributed by atoms with van der Waals surface area (Å²) in [6.07, 6.45) is 1.71. The predicted molar refractivity (Wildman–Crippen MR) is 65.4 cm³/mol. The molecule has 0 radical (unpaired) electrons. The fourth-order valence-electron chi connectivity index (χ4n) is 1.68. The molecule has 1 aromatic heterocycles. The molecule has 1 N–H and O–H groups in total. The molecule has 5 heteroatoms. The number of nitrogens with one attached hydrogen (secondary N) is 1. The number of aryl methyl sites for hydroxylation is 1. The van der Waals surface area contributed by atoms with Crippen molar-refractivity contribution >= 4 is 5.91 Å². The summed E-state index contributed by atoms with van der Waals surface area (Å²) in [4.78, 5) is 16.1. The predicted octanol–water partition coefficient (Wildman–Crippen LogP) is 1.28. The van der Waals surface area contributed by atoms with Gasteiger partial charge in [0.15, 0.2) is 0 Å². The van der Waals surface area contributed by atoms with Gasteiger partial charge in [0.25, 0.3) is 5.91 Å². The van der Waals surface area contributed by atoms with Crippen molar-refractivity contribution in [1.82, 2.24) is 10.3 Å². The monoisotopic (exact) mass is 248 g/mol. The van der Waals surface area contributed by atoms with Crippen LogP contribution in [0.4, 0.5) is 0 Å². The van der Waals surface area contributed by atoms with Gasteiger partial charge in [-0.1, -0.05) is 6.07 Å². The summed E-state index contributed by atoms with van der Waals surface area (Å²) < 4.78 is 10.6. The van der Waals surface area contributed by atoms with Crippen molar-refractivity contribution in [2.75, 3.05) is 13.2 Å². The quantitative estimate of drug-likeness (QED) is 0.875. The molecule has 5 nitrogen and oxygen atoms in total. The third kappa shape index (κ3) is 2.80. The second-order valence-electron chi connectivity index (χ2n) is 4.03. The van der Waals surface area contributed by atoms with E-state index in [1.54, 1.807) is 13.1 Å². The fourth-order valence-corrected chi connectivity index (χ4v) is 1.68. The molecular weight excluding hydrogens is 232 g/mol. The molecule has 0 unspecified atom stereocenters. The molecule has 1 aromatic rings. The second-order valence-corrected chi connectivity index (χ2v) is 4.03. The van der Waals surface area contributed by atoms with Gasteiger partial charge in [-0.3, -0.25) is 9.78 Å². The average molecular weight is 248 g/mol. The number of allylic oxidation sites excluding steroid dienone is 1. The number of amides is 1. The molecule has 0 fully saturated rings. The topological polar surface area (TPSA) is 60.5 Å². The molecule has 18 heavy (non-hydrogen) atoms.